The highest BCUT2D eigenvalue weighted by Gasteiger charge is 2.28. The summed E-state index contributed by atoms with van der Waals surface area (Å²) in [6.07, 6.45) is 5.52. The Bertz CT molecular complexity index is 648. The predicted octanol–water partition coefficient (Wildman–Crippen LogP) is 2.47. The molecule has 1 unspecified atom stereocenters. The second-order valence-electron chi connectivity index (χ2n) is 5.26. The minimum atomic E-state index is -0.0976. The minimum Gasteiger partial charge on any atom is -0.471 e. The molecular weight excluding hydrogens is 280 g/mol. The Balaban J connectivity index is 1.56. The lowest BCUT2D eigenvalue weighted by atomic mass is 10.2. The molecule has 0 radical (unpaired) electrons. The number of urea groups is 1. The molecule has 2 aromatic rings. The van der Waals surface area contributed by atoms with E-state index in [9.17, 15) is 4.79 Å². The number of likely N-dealkylation sites (tertiary alicyclic amines) is 1. The van der Waals surface area contributed by atoms with Crippen LogP contribution in [0.15, 0.2) is 42.9 Å². The van der Waals surface area contributed by atoms with Crippen molar-refractivity contribution in [2.75, 3.05) is 18.4 Å². The average Bonchev–Trinajstić information content (AvgIpc) is 2.99. The summed E-state index contributed by atoms with van der Waals surface area (Å²) < 4.78 is 5.73. The van der Waals surface area contributed by atoms with Crippen LogP contribution in [0.1, 0.15) is 12.0 Å². The highest BCUT2D eigenvalue weighted by molar-refractivity contribution is 5.90. The smallest absolute Gasteiger partial charge is 0.321 e. The van der Waals surface area contributed by atoms with Crippen LogP contribution in [-0.4, -0.2) is 40.1 Å². The van der Waals surface area contributed by atoms with E-state index in [2.05, 4.69) is 15.3 Å². The van der Waals surface area contributed by atoms with Crippen molar-refractivity contribution >= 4 is 11.7 Å². The van der Waals surface area contributed by atoms with E-state index in [0.29, 0.717) is 19.0 Å². The molecule has 6 nitrogen and oxygen atoms in total. The monoisotopic (exact) mass is 298 g/mol. The van der Waals surface area contributed by atoms with Gasteiger partial charge in [0.1, 0.15) is 6.10 Å². The Morgan fingerprint density at radius 3 is 3.00 bits per heavy atom. The average molecular weight is 298 g/mol. The van der Waals surface area contributed by atoms with Crippen molar-refractivity contribution in [1.82, 2.24) is 14.9 Å². The summed E-state index contributed by atoms with van der Waals surface area (Å²) in [5.41, 5.74) is 1.88. The Morgan fingerprint density at radius 1 is 1.36 bits per heavy atom. The van der Waals surface area contributed by atoms with Crippen LogP contribution in [-0.2, 0) is 0 Å². The third kappa shape index (κ3) is 3.33. The first-order chi connectivity index (χ1) is 10.7. The first kappa shape index (κ1) is 14.3. The molecule has 22 heavy (non-hydrogen) atoms. The van der Waals surface area contributed by atoms with Gasteiger partial charge in [-0.1, -0.05) is 18.2 Å². The fraction of sp³-hybridized carbons (Fsp3) is 0.312. The summed E-state index contributed by atoms with van der Waals surface area (Å²) in [5, 5.41) is 2.94. The molecule has 1 aliphatic heterocycles. The number of rotatable bonds is 3. The number of ether oxygens (including phenoxy) is 1. The predicted molar refractivity (Wildman–Crippen MR) is 82.8 cm³/mol. The summed E-state index contributed by atoms with van der Waals surface area (Å²) in [6.45, 7) is 3.19. The molecule has 1 fully saturated rings. The number of anilines is 1. The van der Waals surface area contributed by atoms with Gasteiger partial charge in [-0.2, -0.15) is 0 Å². The van der Waals surface area contributed by atoms with E-state index in [-0.39, 0.29) is 12.1 Å². The van der Waals surface area contributed by atoms with Gasteiger partial charge in [-0.25, -0.2) is 9.78 Å². The quantitative estimate of drug-likeness (QED) is 0.945. The van der Waals surface area contributed by atoms with Crippen molar-refractivity contribution in [3.63, 3.8) is 0 Å². The summed E-state index contributed by atoms with van der Waals surface area (Å²) in [7, 11) is 0. The Kier molecular flexibility index (Phi) is 4.18. The van der Waals surface area contributed by atoms with Gasteiger partial charge >= 0.3 is 6.03 Å². The maximum absolute atomic E-state index is 12.3. The molecule has 1 aromatic heterocycles. The van der Waals surface area contributed by atoms with E-state index in [1.54, 1.807) is 23.5 Å². The number of aryl methyl sites for hydroxylation is 1. The molecule has 1 atom stereocenters. The van der Waals surface area contributed by atoms with Crippen LogP contribution >= 0.6 is 0 Å². The van der Waals surface area contributed by atoms with Gasteiger partial charge in [0, 0.05) is 31.0 Å². The lowest BCUT2D eigenvalue weighted by Crippen LogP contribution is -2.34. The molecule has 6 heteroatoms. The van der Waals surface area contributed by atoms with Crippen LogP contribution in [0.2, 0.25) is 0 Å². The van der Waals surface area contributed by atoms with Crippen LogP contribution < -0.4 is 10.1 Å². The van der Waals surface area contributed by atoms with E-state index < -0.39 is 0 Å². The third-order valence-corrected chi connectivity index (χ3v) is 3.65. The first-order valence-corrected chi connectivity index (χ1v) is 7.26. The Morgan fingerprint density at radius 2 is 2.23 bits per heavy atom. The number of para-hydroxylation sites is 1. The molecule has 0 spiro atoms. The number of hydrogen-bond donors (Lipinski definition) is 1. The van der Waals surface area contributed by atoms with Gasteiger partial charge < -0.3 is 15.0 Å². The molecule has 2 amide bonds. The summed E-state index contributed by atoms with van der Waals surface area (Å²) in [5.74, 6) is 0.494. The number of carbonyl (C=O) groups is 1. The summed E-state index contributed by atoms with van der Waals surface area (Å²) >= 11 is 0. The highest BCUT2D eigenvalue weighted by atomic mass is 16.5. The van der Waals surface area contributed by atoms with Crippen molar-refractivity contribution in [1.29, 1.82) is 0 Å². The molecule has 0 saturated carbocycles. The number of nitrogens with one attached hydrogen (secondary N) is 1. The van der Waals surface area contributed by atoms with Gasteiger partial charge in [-0.15, -0.1) is 0 Å². The molecule has 0 aliphatic carbocycles. The fourth-order valence-corrected chi connectivity index (χ4v) is 2.43. The van der Waals surface area contributed by atoms with Gasteiger partial charge in [0.25, 0.3) is 0 Å². The van der Waals surface area contributed by atoms with E-state index in [4.69, 9.17) is 4.74 Å². The number of nitrogens with zero attached hydrogens (tertiary/aromatic N) is 3. The zero-order valence-corrected chi connectivity index (χ0v) is 12.4. The second kappa shape index (κ2) is 6.43. The molecule has 1 saturated heterocycles. The van der Waals surface area contributed by atoms with Crippen LogP contribution in [0.4, 0.5) is 10.5 Å². The van der Waals surface area contributed by atoms with Crippen LogP contribution in [0.25, 0.3) is 0 Å². The molecule has 114 valence electrons. The standard InChI is InChI=1S/C16H18N4O2/c1-12-4-2-3-5-14(12)19-16(21)20-9-6-13(11-20)22-15-10-17-7-8-18-15/h2-5,7-8,10,13H,6,9,11H2,1H3,(H,19,21). The van der Waals surface area contributed by atoms with E-state index >= 15 is 0 Å². The Labute approximate surface area is 129 Å². The van der Waals surface area contributed by atoms with Crippen LogP contribution in [0.3, 0.4) is 0 Å². The minimum absolute atomic E-state index is 0.0423. The van der Waals surface area contributed by atoms with Crippen molar-refractivity contribution in [2.45, 2.75) is 19.4 Å². The number of amides is 2. The Hall–Kier alpha value is -2.63. The molecule has 1 aliphatic rings. The van der Waals surface area contributed by atoms with Gasteiger partial charge in [0.2, 0.25) is 5.88 Å². The van der Waals surface area contributed by atoms with E-state index in [1.165, 1.54) is 0 Å². The zero-order chi connectivity index (χ0) is 15.4. The molecule has 3 rings (SSSR count). The van der Waals surface area contributed by atoms with Crippen LogP contribution in [0.5, 0.6) is 5.88 Å². The van der Waals surface area contributed by atoms with Gasteiger partial charge in [-0.3, -0.25) is 4.98 Å². The van der Waals surface area contributed by atoms with Gasteiger partial charge in [-0.05, 0) is 18.6 Å². The largest absolute Gasteiger partial charge is 0.471 e. The molecular formula is C16H18N4O2. The number of hydrogen-bond acceptors (Lipinski definition) is 4. The maximum atomic E-state index is 12.3. The SMILES string of the molecule is Cc1ccccc1NC(=O)N1CCC(Oc2cnccn2)C1. The van der Waals surface area contributed by atoms with Crippen molar-refractivity contribution in [2.24, 2.45) is 0 Å². The molecule has 2 heterocycles. The summed E-state index contributed by atoms with van der Waals surface area (Å²) in [4.78, 5) is 22.1. The lowest BCUT2D eigenvalue weighted by Gasteiger charge is -2.18. The molecule has 1 aromatic carbocycles. The highest BCUT2D eigenvalue weighted by Crippen LogP contribution is 2.18. The molecule has 1 N–H and O–H groups in total. The number of carbonyl (C=O) groups excluding carboxylic acids is 1. The van der Waals surface area contributed by atoms with Gasteiger partial charge in [0.15, 0.2) is 0 Å². The number of aromatic nitrogens is 2. The number of benzene rings is 1. The lowest BCUT2D eigenvalue weighted by molar-refractivity contribution is 0.189. The second-order valence-corrected chi connectivity index (χ2v) is 5.26. The van der Waals surface area contributed by atoms with Crippen molar-refractivity contribution < 1.29 is 9.53 Å². The van der Waals surface area contributed by atoms with Gasteiger partial charge in [0.05, 0.1) is 12.7 Å². The van der Waals surface area contributed by atoms with Crippen molar-refractivity contribution in [3.05, 3.63) is 48.4 Å². The zero-order valence-electron chi connectivity index (χ0n) is 12.4. The maximum Gasteiger partial charge on any atom is 0.321 e. The molecule has 0 bridgehead atoms. The van der Waals surface area contributed by atoms with E-state index in [0.717, 1.165) is 17.7 Å². The topological polar surface area (TPSA) is 67.4 Å². The van der Waals surface area contributed by atoms with Crippen LogP contribution in [0, 0.1) is 6.92 Å². The van der Waals surface area contributed by atoms with Crippen molar-refractivity contribution in [3.8, 4) is 5.88 Å². The first-order valence-electron chi connectivity index (χ1n) is 7.26. The normalized spacial score (nSPS) is 17.3. The summed E-state index contributed by atoms with van der Waals surface area (Å²) in [6, 6.07) is 7.63. The van der Waals surface area contributed by atoms with E-state index in [1.807, 2.05) is 31.2 Å². The fourth-order valence-electron chi connectivity index (χ4n) is 2.43. The third-order valence-electron chi connectivity index (χ3n) is 3.65.